The Morgan fingerprint density at radius 3 is 2.18 bits per heavy atom. The van der Waals surface area contributed by atoms with E-state index in [4.69, 9.17) is 9.72 Å². The lowest BCUT2D eigenvalue weighted by Crippen LogP contribution is -2.42. The highest BCUT2D eigenvalue weighted by Crippen LogP contribution is 2.36. The molecule has 1 saturated heterocycles. The molecule has 49 heavy (non-hydrogen) atoms. The van der Waals surface area contributed by atoms with Gasteiger partial charge in [-0.2, -0.15) is 0 Å². The molecule has 9 nitrogen and oxygen atoms in total. The van der Waals surface area contributed by atoms with Crippen LogP contribution in [0, 0.1) is 6.92 Å². The van der Waals surface area contributed by atoms with Gasteiger partial charge in [0.1, 0.15) is 5.60 Å². The molecule has 1 aliphatic rings. The van der Waals surface area contributed by atoms with E-state index in [1.165, 1.54) is 8.87 Å². The predicted molar refractivity (Wildman–Crippen MR) is 192 cm³/mol. The van der Waals surface area contributed by atoms with Gasteiger partial charge in [0, 0.05) is 67.6 Å². The van der Waals surface area contributed by atoms with Gasteiger partial charge in [-0.1, -0.05) is 54.1 Å². The largest absolute Gasteiger partial charge is 0.444 e. The van der Waals surface area contributed by atoms with Gasteiger partial charge in [0.15, 0.2) is 5.65 Å². The average molecular weight is 679 g/mol. The quantitative estimate of drug-likeness (QED) is 0.182. The lowest BCUT2D eigenvalue weighted by molar-refractivity contribution is 0.0198. The van der Waals surface area contributed by atoms with Gasteiger partial charge in [0.2, 0.25) is 0 Å². The van der Waals surface area contributed by atoms with Crippen molar-refractivity contribution in [2.75, 3.05) is 27.2 Å². The molecule has 3 heterocycles. The molecule has 10 heteroatoms. The highest BCUT2D eigenvalue weighted by atomic mass is 32.2. The molecular formula is C39H42N4O5S. The van der Waals surface area contributed by atoms with Gasteiger partial charge in [-0.15, -0.1) is 0 Å². The monoisotopic (exact) mass is 678 g/mol. The molecular weight excluding hydrogens is 637 g/mol. The molecule has 0 N–H and O–H groups in total. The molecule has 1 fully saturated rings. The summed E-state index contributed by atoms with van der Waals surface area (Å²) in [7, 11) is -0.559. The molecule has 2 amide bonds. The van der Waals surface area contributed by atoms with E-state index in [0.29, 0.717) is 35.2 Å². The minimum atomic E-state index is -3.96. The minimum Gasteiger partial charge on any atom is -0.444 e. The second-order valence-electron chi connectivity index (χ2n) is 13.9. The molecule has 5 aromatic rings. The van der Waals surface area contributed by atoms with Crippen molar-refractivity contribution in [2.24, 2.45) is 0 Å². The summed E-state index contributed by atoms with van der Waals surface area (Å²) in [6, 6.07) is 24.2. The Bertz CT molecular complexity index is 2110. The van der Waals surface area contributed by atoms with Crippen molar-refractivity contribution >= 4 is 33.1 Å². The summed E-state index contributed by atoms with van der Waals surface area (Å²) in [6.07, 6.45) is 4.92. The summed E-state index contributed by atoms with van der Waals surface area (Å²) in [5.74, 6) is 0.0833. The van der Waals surface area contributed by atoms with E-state index in [1.54, 1.807) is 67.8 Å². The van der Waals surface area contributed by atoms with Gasteiger partial charge in [-0.25, -0.2) is 22.2 Å². The maximum absolute atomic E-state index is 13.9. The molecule has 1 atom stereocenters. The van der Waals surface area contributed by atoms with E-state index >= 15 is 0 Å². The van der Waals surface area contributed by atoms with Crippen LogP contribution in [-0.4, -0.2) is 72.0 Å². The molecule has 0 bridgehead atoms. The first-order chi connectivity index (χ1) is 23.2. The number of ether oxygens (including phenoxy) is 1. The van der Waals surface area contributed by atoms with E-state index in [2.05, 4.69) is 12.1 Å². The number of pyridine rings is 1. The Morgan fingerprint density at radius 1 is 0.898 bits per heavy atom. The standard InChI is InChI=1S/C39H42N4O5S/c1-26-9-19-33(20-10-26)49(46,47)43-25-35(29-15-17-30(18-16-29)37(44)41(5)6)34-22-32(23-40-36(34)43)28-13-11-27(12-14-28)31-8-7-21-42(24-31)38(45)48-39(2,3)4/h9-20,22-23,25,31H,7-8,21,24H2,1-6H3. The molecule has 2 aromatic heterocycles. The van der Waals surface area contributed by atoms with Crippen LogP contribution in [0.2, 0.25) is 0 Å². The number of carbonyl (C=O) groups excluding carboxylic acids is 2. The van der Waals surface area contributed by atoms with Gasteiger partial charge < -0.3 is 14.5 Å². The summed E-state index contributed by atoms with van der Waals surface area (Å²) in [4.78, 5) is 33.5. The van der Waals surface area contributed by atoms with E-state index < -0.39 is 15.6 Å². The first kappa shape index (κ1) is 33.9. The number of carbonyl (C=O) groups is 2. The summed E-state index contributed by atoms with van der Waals surface area (Å²) in [6.45, 7) is 8.83. The number of nitrogens with zero attached hydrogens (tertiary/aromatic N) is 4. The highest BCUT2D eigenvalue weighted by Gasteiger charge is 2.29. The van der Waals surface area contributed by atoms with Gasteiger partial charge in [-0.05, 0) is 87.6 Å². The lowest BCUT2D eigenvalue weighted by Gasteiger charge is -2.34. The molecule has 0 aliphatic carbocycles. The number of likely N-dealkylation sites (tertiary alicyclic amines) is 1. The zero-order chi connectivity index (χ0) is 35.1. The van der Waals surface area contributed by atoms with Crippen molar-refractivity contribution in [3.05, 3.63) is 108 Å². The van der Waals surface area contributed by atoms with E-state index in [0.717, 1.165) is 40.7 Å². The summed E-state index contributed by atoms with van der Waals surface area (Å²) in [5.41, 5.74) is 5.64. The fraction of sp³-hybridized carbons (Fsp3) is 0.308. The van der Waals surface area contributed by atoms with Gasteiger partial charge in [0.25, 0.3) is 15.9 Å². The van der Waals surface area contributed by atoms with Crippen LogP contribution in [-0.2, 0) is 14.8 Å². The zero-order valence-electron chi connectivity index (χ0n) is 28.8. The zero-order valence-corrected chi connectivity index (χ0v) is 29.6. The Morgan fingerprint density at radius 2 is 1.55 bits per heavy atom. The number of piperidine rings is 1. The van der Waals surface area contributed by atoms with Crippen LogP contribution in [0.3, 0.4) is 0 Å². The van der Waals surface area contributed by atoms with Crippen LogP contribution < -0.4 is 0 Å². The molecule has 3 aromatic carbocycles. The predicted octanol–water partition coefficient (Wildman–Crippen LogP) is 7.73. The van der Waals surface area contributed by atoms with Crippen molar-refractivity contribution in [3.8, 4) is 22.3 Å². The Labute approximate surface area is 288 Å². The number of benzene rings is 3. The lowest BCUT2D eigenvalue weighted by atomic mass is 9.89. The van der Waals surface area contributed by atoms with E-state index in [1.807, 2.05) is 58.0 Å². The maximum atomic E-state index is 13.9. The van der Waals surface area contributed by atoms with Gasteiger partial charge >= 0.3 is 6.09 Å². The Balaban J connectivity index is 1.36. The second kappa shape index (κ2) is 13.2. The van der Waals surface area contributed by atoms with Crippen molar-refractivity contribution in [3.63, 3.8) is 0 Å². The molecule has 254 valence electrons. The average Bonchev–Trinajstić information content (AvgIpc) is 3.47. The van der Waals surface area contributed by atoms with Crippen LogP contribution in [0.1, 0.15) is 61.0 Å². The summed E-state index contributed by atoms with van der Waals surface area (Å²) < 4.78 is 34.7. The third-order valence-electron chi connectivity index (χ3n) is 8.83. The first-order valence-electron chi connectivity index (χ1n) is 16.4. The number of fused-ring (bicyclic) bond motifs is 1. The fourth-order valence-corrected chi connectivity index (χ4v) is 7.54. The molecule has 1 unspecified atom stereocenters. The first-order valence-corrected chi connectivity index (χ1v) is 17.9. The van der Waals surface area contributed by atoms with E-state index in [-0.39, 0.29) is 22.8 Å². The molecule has 0 radical (unpaired) electrons. The third-order valence-corrected chi connectivity index (χ3v) is 10.5. The van der Waals surface area contributed by atoms with Gasteiger partial charge in [-0.3, -0.25) is 4.79 Å². The second-order valence-corrected chi connectivity index (χ2v) is 15.7. The van der Waals surface area contributed by atoms with Gasteiger partial charge in [0.05, 0.1) is 4.90 Å². The molecule has 0 spiro atoms. The van der Waals surface area contributed by atoms with Crippen molar-refractivity contribution in [2.45, 2.75) is 57.0 Å². The van der Waals surface area contributed by atoms with Crippen molar-refractivity contribution < 1.29 is 22.7 Å². The van der Waals surface area contributed by atoms with Crippen molar-refractivity contribution in [1.29, 1.82) is 0 Å². The highest BCUT2D eigenvalue weighted by molar-refractivity contribution is 7.90. The molecule has 0 saturated carbocycles. The summed E-state index contributed by atoms with van der Waals surface area (Å²) >= 11 is 0. The SMILES string of the molecule is Cc1ccc(S(=O)(=O)n2cc(-c3ccc(C(=O)N(C)C)cc3)c3cc(-c4ccc(C5CCCN(C(=O)OC(C)(C)C)C5)cc4)cnc32)cc1. The maximum Gasteiger partial charge on any atom is 0.410 e. The van der Waals surface area contributed by atoms with Crippen LogP contribution in [0.15, 0.2) is 96.2 Å². The normalized spacial score (nSPS) is 15.3. The van der Waals surface area contributed by atoms with Crippen LogP contribution in [0.5, 0.6) is 0 Å². The van der Waals surface area contributed by atoms with Crippen LogP contribution in [0.25, 0.3) is 33.3 Å². The molecule has 6 rings (SSSR count). The minimum absolute atomic E-state index is 0.117. The topological polar surface area (TPSA) is 102 Å². The summed E-state index contributed by atoms with van der Waals surface area (Å²) in [5, 5.41) is 0.671. The Hall–Kier alpha value is -4.96. The number of hydrogen-bond donors (Lipinski definition) is 0. The van der Waals surface area contributed by atoms with Crippen molar-refractivity contribution in [1.82, 2.24) is 18.8 Å². The smallest absolute Gasteiger partial charge is 0.410 e. The number of amides is 2. The van der Waals surface area contributed by atoms with Crippen LogP contribution in [0.4, 0.5) is 4.79 Å². The number of aromatic nitrogens is 2. The Kier molecular flexibility index (Phi) is 9.11. The number of hydrogen-bond acceptors (Lipinski definition) is 6. The number of rotatable bonds is 6. The fourth-order valence-electron chi connectivity index (χ4n) is 6.21. The van der Waals surface area contributed by atoms with E-state index in [9.17, 15) is 18.0 Å². The third kappa shape index (κ3) is 7.10. The molecule has 1 aliphatic heterocycles. The van der Waals surface area contributed by atoms with Crippen LogP contribution >= 0.6 is 0 Å². The number of aryl methyl sites for hydroxylation is 1.